The van der Waals surface area contributed by atoms with Crippen molar-refractivity contribution in [2.24, 2.45) is 10.1 Å². The highest BCUT2D eigenvalue weighted by Gasteiger charge is 2.10. The summed E-state index contributed by atoms with van der Waals surface area (Å²) in [6, 6.07) is 16.8. The van der Waals surface area contributed by atoms with Gasteiger partial charge in [-0.1, -0.05) is 48.5 Å². The fraction of sp³-hybridized carbons (Fsp3) is 0.0476. The van der Waals surface area contributed by atoms with Crippen molar-refractivity contribution < 1.29 is 0 Å². The first-order chi connectivity index (χ1) is 12.9. The van der Waals surface area contributed by atoms with Gasteiger partial charge in [0, 0.05) is 16.5 Å². The van der Waals surface area contributed by atoms with Gasteiger partial charge in [-0.05, 0) is 27.6 Å². The van der Waals surface area contributed by atoms with Crippen LogP contribution < -0.4 is 4.80 Å². The predicted octanol–water partition coefficient (Wildman–Crippen LogP) is 5.40. The smallest absolute Gasteiger partial charge is 0.206 e. The number of benzene rings is 2. The second-order valence-corrected chi connectivity index (χ2v) is 7.29. The maximum Gasteiger partial charge on any atom is 0.206 e. The molecule has 0 saturated heterocycles. The zero-order valence-corrected chi connectivity index (χ0v) is 15.7. The zero-order chi connectivity index (χ0) is 17.8. The molecule has 0 aliphatic rings. The van der Waals surface area contributed by atoms with E-state index in [-0.39, 0.29) is 0 Å². The maximum absolute atomic E-state index is 4.73. The molecule has 0 unspecified atom stereocenters. The Morgan fingerprint density at radius 2 is 1.92 bits per heavy atom. The third-order valence-corrected chi connectivity index (χ3v) is 5.53. The Morgan fingerprint density at radius 3 is 2.77 bits per heavy atom. The minimum absolute atomic E-state index is 0.573. The Labute approximate surface area is 159 Å². The lowest BCUT2D eigenvalue weighted by Gasteiger charge is -2.07. The number of rotatable bonds is 5. The Morgan fingerprint density at radius 1 is 1.04 bits per heavy atom. The monoisotopic (exact) mass is 375 g/mol. The first kappa shape index (κ1) is 16.7. The van der Waals surface area contributed by atoms with Crippen LogP contribution in [-0.4, -0.2) is 17.4 Å². The van der Waals surface area contributed by atoms with E-state index in [4.69, 9.17) is 5.10 Å². The molecular formula is C21H17N3S2. The Bertz CT molecular complexity index is 1130. The number of nitrogens with zero attached hydrogens (tertiary/aromatic N) is 3. The van der Waals surface area contributed by atoms with Crippen LogP contribution in [0.5, 0.6) is 0 Å². The van der Waals surface area contributed by atoms with Crippen molar-refractivity contribution in [1.29, 1.82) is 0 Å². The van der Waals surface area contributed by atoms with E-state index in [1.165, 1.54) is 10.8 Å². The lowest BCUT2D eigenvalue weighted by atomic mass is 10.0. The van der Waals surface area contributed by atoms with Gasteiger partial charge in [-0.15, -0.1) is 17.9 Å². The summed E-state index contributed by atoms with van der Waals surface area (Å²) in [4.78, 5) is 5.46. The van der Waals surface area contributed by atoms with Crippen LogP contribution >= 0.6 is 22.7 Å². The Balaban J connectivity index is 1.91. The van der Waals surface area contributed by atoms with Crippen molar-refractivity contribution in [3.05, 3.63) is 87.7 Å². The number of thiazole rings is 1. The standard InChI is InChI=1S/C21H17N3S2/c1-2-11-22-21-24(23-13-16-10-12-25-14-16)20(15-26-21)19-9-5-7-17-6-3-4-8-18(17)19/h2-10,12-15H,1,11H2. The van der Waals surface area contributed by atoms with Gasteiger partial charge >= 0.3 is 0 Å². The molecule has 0 atom stereocenters. The summed E-state index contributed by atoms with van der Waals surface area (Å²) in [6.45, 7) is 4.34. The summed E-state index contributed by atoms with van der Waals surface area (Å²) in [5.74, 6) is 0. The summed E-state index contributed by atoms with van der Waals surface area (Å²) in [5.41, 5.74) is 3.29. The van der Waals surface area contributed by atoms with E-state index in [0.29, 0.717) is 6.54 Å². The molecule has 3 nitrogen and oxygen atoms in total. The maximum atomic E-state index is 4.73. The molecule has 0 aliphatic carbocycles. The first-order valence-corrected chi connectivity index (χ1v) is 10.1. The van der Waals surface area contributed by atoms with E-state index in [0.717, 1.165) is 21.6 Å². The highest BCUT2D eigenvalue weighted by atomic mass is 32.1. The van der Waals surface area contributed by atoms with Gasteiger partial charge in [-0.25, -0.2) is 4.68 Å². The summed E-state index contributed by atoms with van der Waals surface area (Å²) in [5, 5.41) is 13.4. The highest BCUT2D eigenvalue weighted by molar-refractivity contribution is 7.08. The van der Waals surface area contributed by atoms with Gasteiger partial charge in [-0.3, -0.25) is 4.99 Å². The van der Waals surface area contributed by atoms with Gasteiger partial charge in [0.25, 0.3) is 0 Å². The molecule has 128 valence electrons. The summed E-state index contributed by atoms with van der Waals surface area (Å²) in [6.07, 6.45) is 3.68. The molecule has 26 heavy (non-hydrogen) atoms. The molecule has 2 heterocycles. The highest BCUT2D eigenvalue weighted by Crippen LogP contribution is 2.29. The zero-order valence-electron chi connectivity index (χ0n) is 14.1. The van der Waals surface area contributed by atoms with Crippen molar-refractivity contribution in [2.45, 2.75) is 0 Å². The van der Waals surface area contributed by atoms with Gasteiger partial charge in [0.2, 0.25) is 4.80 Å². The van der Waals surface area contributed by atoms with Crippen LogP contribution in [0, 0.1) is 0 Å². The van der Waals surface area contributed by atoms with Crippen LogP contribution in [0.4, 0.5) is 0 Å². The van der Waals surface area contributed by atoms with Gasteiger partial charge < -0.3 is 0 Å². The largest absolute Gasteiger partial charge is 0.253 e. The molecule has 0 spiro atoms. The predicted molar refractivity (Wildman–Crippen MR) is 113 cm³/mol. The quantitative estimate of drug-likeness (QED) is 0.330. The van der Waals surface area contributed by atoms with Crippen LogP contribution in [0.2, 0.25) is 0 Å². The van der Waals surface area contributed by atoms with Crippen LogP contribution in [-0.2, 0) is 0 Å². The summed E-state index contributed by atoms with van der Waals surface area (Å²) in [7, 11) is 0. The van der Waals surface area contributed by atoms with Crippen molar-refractivity contribution in [1.82, 2.24) is 4.68 Å². The second kappa shape index (κ2) is 7.64. The molecular weight excluding hydrogens is 358 g/mol. The fourth-order valence-electron chi connectivity index (χ4n) is 2.77. The van der Waals surface area contributed by atoms with Gasteiger partial charge in [0.05, 0.1) is 18.5 Å². The SMILES string of the molecule is C=CCN=c1scc(-c2cccc3ccccc23)n1N=Cc1ccsc1. The molecule has 0 bridgehead atoms. The Hall–Kier alpha value is -2.76. The number of aromatic nitrogens is 1. The van der Waals surface area contributed by atoms with Crippen LogP contribution in [0.1, 0.15) is 5.56 Å². The van der Waals surface area contributed by atoms with E-state index in [9.17, 15) is 0 Å². The van der Waals surface area contributed by atoms with Gasteiger partial charge in [0.15, 0.2) is 0 Å². The van der Waals surface area contributed by atoms with E-state index < -0.39 is 0 Å². The molecule has 2 aromatic heterocycles. The minimum atomic E-state index is 0.573. The molecule has 4 rings (SSSR count). The number of hydrogen-bond donors (Lipinski definition) is 0. The summed E-state index contributed by atoms with van der Waals surface area (Å²) < 4.78 is 1.92. The van der Waals surface area contributed by atoms with Crippen molar-refractivity contribution in [3.8, 4) is 11.3 Å². The topological polar surface area (TPSA) is 29.6 Å². The molecule has 0 N–H and O–H groups in total. The van der Waals surface area contributed by atoms with Crippen molar-refractivity contribution in [2.75, 3.05) is 6.54 Å². The summed E-state index contributed by atoms with van der Waals surface area (Å²) >= 11 is 3.26. The minimum Gasteiger partial charge on any atom is -0.253 e. The van der Waals surface area contributed by atoms with Crippen LogP contribution in [0.15, 0.2) is 87.4 Å². The number of fused-ring (bicyclic) bond motifs is 1. The van der Waals surface area contributed by atoms with Gasteiger partial charge in [-0.2, -0.15) is 16.4 Å². The second-order valence-electron chi connectivity index (χ2n) is 5.67. The molecule has 0 saturated carbocycles. The number of hydrogen-bond acceptors (Lipinski definition) is 4. The van der Waals surface area contributed by atoms with E-state index >= 15 is 0 Å². The Kier molecular flexibility index (Phi) is 4.91. The van der Waals surface area contributed by atoms with E-state index in [1.807, 2.05) is 16.3 Å². The lowest BCUT2D eigenvalue weighted by molar-refractivity contribution is 0.841. The average Bonchev–Trinajstić information content (AvgIpc) is 3.34. The molecule has 5 heteroatoms. The van der Waals surface area contributed by atoms with Crippen LogP contribution in [0.3, 0.4) is 0 Å². The third kappa shape index (κ3) is 3.31. The first-order valence-electron chi connectivity index (χ1n) is 8.23. The van der Waals surface area contributed by atoms with Crippen molar-refractivity contribution >= 4 is 39.7 Å². The molecule has 4 aromatic rings. The molecule has 0 fully saturated rings. The molecule has 2 aromatic carbocycles. The average molecular weight is 376 g/mol. The number of thiophene rings is 1. The van der Waals surface area contributed by atoms with Gasteiger partial charge in [0.1, 0.15) is 0 Å². The van der Waals surface area contributed by atoms with Crippen molar-refractivity contribution in [3.63, 3.8) is 0 Å². The molecule has 0 radical (unpaired) electrons. The third-order valence-electron chi connectivity index (χ3n) is 3.97. The van der Waals surface area contributed by atoms with E-state index in [2.05, 4.69) is 70.9 Å². The lowest BCUT2D eigenvalue weighted by Crippen LogP contribution is -2.12. The van der Waals surface area contributed by atoms with Crippen LogP contribution in [0.25, 0.3) is 22.0 Å². The normalized spacial score (nSPS) is 12.2. The fourth-order valence-corrected chi connectivity index (χ4v) is 4.22. The van der Waals surface area contributed by atoms with E-state index in [1.54, 1.807) is 28.7 Å². The molecule has 0 amide bonds. The molecule has 0 aliphatic heterocycles.